The van der Waals surface area contributed by atoms with Gasteiger partial charge in [0.1, 0.15) is 0 Å². The second kappa shape index (κ2) is 6.21. The van der Waals surface area contributed by atoms with Gasteiger partial charge in [-0.25, -0.2) is 9.78 Å². The Morgan fingerprint density at radius 2 is 1.80 bits per heavy atom. The number of carbonyl (C=O) groups is 1. The van der Waals surface area contributed by atoms with Gasteiger partial charge in [0.05, 0.1) is 21.3 Å². The summed E-state index contributed by atoms with van der Waals surface area (Å²) >= 11 is 12.4. The van der Waals surface area contributed by atoms with Crippen LogP contribution in [0.5, 0.6) is 5.75 Å². The van der Waals surface area contributed by atoms with Crippen molar-refractivity contribution < 1.29 is 14.6 Å². The van der Waals surface area contributed by atoms with Crippen LogP contribution in [-0.4, -0.2) is 16.2 Å². The van der Waals surface area contributed by atoms with Crippen molar-refractivity contribution in [3.05, 3.63) is 58.2 Å². The van der Waals surface area contributed by atoms with Crippen LogP contribution in [0.2, 0.25) is 10.0 Å². The second-order valence-electron chi connectivity index (χ2n) is 5.99. The third kappa shape index (κ3) is 3.03. The minimum atomic E-state index is -1.36. The molecule has 0 aliphatic heterocycles. The first kappa shape index (κ1) is 16.2. The van der Waals surface area contributed by atoms with E-state index >= 15 is 0 Å². The second-order valence-corrected chi connectivity index (χ2v) is 6.81. The van der Waals surface area contributed by atoms with E-state index in [1.807, 2.05) is 30.3 Å². The summed E-state index contributed by atoms with van der Waals surface area (Å²) in [6, 6.07) is 12.9. The van der Waals surface area contributed by atoms with E-state index in [2.05, 4.69) is 4.98 Å². The lowest BCUT2D eigenvalue weighted by Crippen LogP contribution is -2.08. The first-order valence-electron chi connectivity index (χ1n) is 7.83. The van der Waals surface area contributed by atoms with Gasteiger partial charge in [0.15, 0.2) is 5.75 Å². The molecule has 0 saturated heterocycles. The lowest BCUT2D eigenvalue weighted by molar-refractivity contribution is 0.144. The van der Waals surface area contributed by atoms with Crippen molar-refractivity contribution in [2.45, 2.75) is 18.8 Å². The predicted molar refractivity (Wildman–Crippen MR) is 97.8 cm³/mol. The first-order valence-corrected chi connectivity index (χ1v) is 8.59. The Balaban J connectivity index is 2.11. The fourth-order valence-electron chi connectivity index (χ4n) is 2.98. The van der Waals surface area contributed by atoms with Gasteiger partial charge in [0.2, 0.25) is 0 Å². The topological polar surface area (TPSA) is 59.4 Å². The Hall–Kier alpha value is -2.30. The number of carboxylic acid groups (broad SMARTS) is 1. The summed E-state index contributed by atoms with van der Waals surface area (Å²) in [5.41, 5.74) is 2.85. The number of rotatable bonds is 3. The van der Waals surface area contributed by atoms with E-state index in [4.69, 9.17) is 27.9 Å². The highest BCUT2D eigenvalue weighted by atomic mass is 35.5. The summed E-state index contributed by atoms with van der Waals surface area (Å²) in [5.74, 6) is 0.489. The number of fused-ring (bicyclic) bond motifs is 1. The van der Waals surface area contributed by atoms with E-state index in [-0.39, 0.29) is 11.7 Å². The number of pyridine rings is 1. The molecular formula is C19H13Cl2NO3. The lowest BCUT2D eigenvalue weighted by Gasteiger charge is -2.16. The molecule has 0 radical (unpaired) electrons. The van der Waals surface area contributed by atoms with E-state index in [0.29, 0.717) is 32.2 Å². The number of hydrogen-bond donors (Lipinski definition) is 1. The van der Waals surface area contributed by atoms with Gasteiger partial charge in [-0.3, -0.25) is 0 Å². The Morgan fingerprint density at radius 1 is 1.12 bits per heavy atom. The average Bonchev–Trinajstić information content (AvgIpc) is 3.41. The Bertz CT molecular complexity index is 985. The maximum atomic E-state index is 11.3. The Labute approximate surface area is 154 Å². The Morgan fingerprint density at radius 3 is 2.44 bits per heavy atom. The van der Waals surface area contributed by atoms with Crippen LogP contribution >= 0.6 is 23.2 Å². The number of ether oxygens (including phenoxy) is 1. The van der Waals surface area contributed by atoms with Crippen molar-refractivity contribution in [3.63, 3.8) is 0 Å². The number of benzene rings is 2. The SMILES string of the molecule is O=C(O)Oc1c(C2CC2)nc2cc(Cl)c(Cl)cc2c1-c1ccccc1. The van der Waals surface area contributed by atoms with Crippen molar-refractivity contribution in [3.8, 4) is 16.9 Å². The van der Waals surface area contributed by atoms with Crippen molar-refractivity contribution >= 4 is 40.3 Å². The highest BCUT2D eigenvalue weighted by molar-refractivity contribution is 6.43. The molecule has 1 fully saturated rings. The zero-order valence-electron chi connectivity index (χ0n) is 13.0. The molecule has 2 aromatic carbocycles. The number of hydrogen-bond acceptors (Lipinski definition) is 3. The summed E-state index contributed by atoms with van der Waals surface area (Å²) < 4.78 is 5.19. The molecule has 4 rings (SSSR count). The van der Waals surface area contributed by atoms with Crippen molar-refractivity contribution in [1.29, 1.82) is 0 Å². The maximum Gasteiger partial charge on any atom is 0.511 e. The number of nitrogens with zero attached hydrogens (tertiary/aromatic N) is 1. The lowest BCUT2D eigenvalue weighted by atomic mass is 9.97. The minimum absolute atomic E-state index is 0.204. The molecule has 1 aromatic heterocycles. The largest absolute Gasteiger partial charge is 0.511 e. The summed E-state index contributed by atoms with van der Waals surface area (Å²) in [4.78, 5) is 16.0. The third-order valence-electron chi connectivity index (χ3n) is 4.22. The number of halogens is 2. The Kier molecular flexibility index (Phi) is 4.02. The molecule has 0 atom stereocenters. The normalized spacial score (nSPS) is 13.8. The van der Waals surface area contributed by atoms with Crippen LogP contribution in [0.25, 0.3) is 22.0 Å². The van der Waals surface area contributed by atoms with E-state index in [9.17, 15) is 9.90 Å². The van der Waals surface area contributed by atoms with Crippen LogP contribution in [0.4, 0.5) is 4.79 Å². The van der Waals surface area contributed by atoms with Crippen LogP contribution < -0.4 is 4.74 Å². The van der Waals surface area contributed by atoms with Gasteiger partial charge in [0.25, 0.3) is 0 Å². The molecule has 6 heteroatoms. The molecule has 0 spiro atoms. The number of aromatic nitrogens is 1. The summed E-state index contributed by atoms with van der Waals surface area (Å²) in [5, 5.41) is 10.7. The van der Waals surface area contributed by atoms with E-state index < -0.39 is 6.16 Å². The average molecular weight is 374 g/mol. The third-order valence-corrected chi connectivity index (χ3v) is 4.95. The highest BCUT2D eigenvalue weighted by Gasteiger charge is 2.32. The zero-order chi connectivity index (χ0) is 17.6. The molecule has 3 aromatic rings. The molecule has 1 N–H and O–H groups in total. The quantitative estimate of drug-likeness (QED) is 0.559. The van der Waals surface area contributed by atoms with Crippen LogP contribution in [0.1, 0.15) is 24.5 Å². The van der Waals surface area contributed by atoms with Crippen LogP contribution in [0.15, 0.2) is 42.5 Å². The van der Waals surface area contributed by atoms with Gasteiger partial charge in [-0.2, -0.15) is 0 Å². The maximum absolute atomic E-state index is 11.3. The molecule has 25 heavy (non-hydrogen) atoms. The van der Waals surface area contributed by atoms with Crippen molar-refractivity contribution in [2.75, 3.05) is 0 Å². The van der Waals surface area contributed by atoms with Crippen LogP contribution in [0, 0.1) is 0 Å². The monoisotopic (exact) mass is 373 g/mol. The minimum Gasteiger partial charge on any atom is -0.449 e. The van der Waals surface area contributed by atoms with E-state index in [1.165, 1.54) is 0 Å². The fraction of sp³-hybridized carbons (Fsp3) is 0.158. The summed E-state index contributed by atoms with van der Waals surface area (Å²) in [6.07, 6.45) is 0.564. The molecule has 0 bridgehead atoms. The predicted octanol–water partition coefficient (Wildman–Crippen LogP) is 6.14. The summed E-state index contributed by atoms with van der Waals surface area (Å²) in [7, 11) is 0. The molecular weight excluding hydrogens is 361 g/mol. The standard InChI is InChI=1S/C19H13Cl2NO3/c20-13-8-12-15(9-14(13)21)22-17(11-6-7-11)18(25-19(23)24)16(12)10-4-2-1-3-5-10/h1-5,8-9,11H,6-7H2,(H,23,24). The highest BCUT2D eigenvalue weighted by Crippen LogP contribution is 2.49. The van der Waals surface area contributed by atoms with Gasteiger partial charge in [-0.15, -0.1) is 0 Å². The van der Waals surface area contributed by atoms with Gasteiger partial charge >= 0.3 is 6.16 Å². The van der Waals surface area contributed by atoms with Gasteiger partial charge in [0, 0.05) is 16.9 Å². The van der Waals surface area contributed by atoms with Gasteiger partial charge in [-0.1, -0.05) is 53.5 Å². The first-order chi connectivity index (χ1) is 12.0. The fourth-order valence-corrected chi connectivity index (χ4v) is 3.30. The summed E-state index contributed by atoms with van der Waals surface area (Å²) in [6.45, 7) is 0. The molecule has 1 aliphatic carbocycles. The van der Waals surface area contributed by atoms with Crippen molar-refractivity contribution in [1.82, 2.24) is 4.98 Å². The molecule has 1 saturated carbocycles. The van der Waals surface area contributed by atoms with Gasteiger partial charge in [-0.05, 0) is 30.5 Å². The van der Waals surface area contributed by atoms with Gasteiger partial charge < -0.3 is 9.84 Å². The molecule has 4 nitrogen and oxygen atoms in total. The smallest absolute Gasteiger partial charge is 0.449 e. The molecule has 126 valence electrons. The molecule has 0 unspecified atom stereocenters. The van der Waals surface area contributed by atoms with E-state index in [1.54, 1.807) is 12.1 Å². The van der Waals surface area contributed by atoms with Crippen molar-refractivity contribution in [2.24, 2.45) is 0 Å². The molecule has 1 heterocycles. The molecule has 0 amide bonds. The zero-order valence-corrected chi connectivity index (χ0v) is 14.5. The van der Waals surface area contributed by atoms with Crippen LogP contribution in [-0.2, 0) is 0 Å². The molecule has 1 aliphatic rings. The van der Waals surface area contributed by atoms with E-state index in [0.717, 1.165) is 18.4 Å². The van der Waals surface area contributed by atoms with Crippen LogP contribution in [0.3, 0.4) is 0 Å².